The molecule has 3 N–H and O–H groups in total. The van der Waals surface area contributed by atoms with Gasteiger partial charge in [-0.25, -0.2) is 4.98 Å². The summed E-state index contributed by atoms with van der Waals surface area (Å²) in [6.45, 7) is 7.29. The number of hydrogen-bond acceptors (Lipinski definition) is 8. The molecule has 0 aliphatic carbocycles. The van der Waals surface area contributed by atoms with Gasteiger partial charge in [0.1, 0.15) is 18.2 Å². The van der Waals surface area contributed by atoms with Crippen molar-refractivity contribution >= 4 is 34.1 Å². The number of anilines is 2. The molecule has 4 aromatic rings. The van der Waals surface area contributed by atoms with E-state index in [0.717, 1.165) is 24.0 Å². The largest absolute Gasteiger partial charge is 0.497 e. The third-order valence-electron chi connectivity index (χ3n) is 6.64. The molecule has 2 atom stereocenters. The minimum absolute atomic E-state index is 0.315. The van der Waals surface area contributed by atoms with Gasteiger partial charge in [0.15, 0.2) is 11.5 Å². The fourth-order valence-electron chi connectivity index (χ4n) is 4.84. The van der Waals surface area contributed by atoms with E-state index in [2.05, 4.69) is 63.8 Å². The Kier molecular flexibility index (Phi) is 7.87. The van der Waals surface area contributed by atoms with Crippen molar-refractivity contribution in [2.24, 2.45) is 0 Å². The SMILES string of the molecule is COc1cc(OC)c(Cl)c(-c2ccc3c(NCOCc4ccc(N5C[C@@H](C)N[C@@H](C)C5)cc4)n[nH]c3n2)c1. The van der Waals surface area contributed by atoms with E-state index >= 15 is 0 Å². The molecule has 0 radical (unpaired) electrons. The minimum Gasteiger partial charge on any atom is -0.497 e. The molecule has 10 heteroatoms. The van der Waals surface area contributed by atoms with E-state index in [1.165, 1.54) is 5.69 Å². The summed E-state index contributed by atoms with van der Waals surface area (Å²) in [4.78, 5) is 7.14. The normalized spacial score (nSPS) is 17.6. The average molecular weight is 537 g/mol. The Balaban J connectivity index is 1.19. The van der Waals surface area contributed by atoms with Crippen molar-refractivity contribution in [2.75, 3.05) is 44.3 Å². The van der Waals surface area contributed by atoms with Gasteiger partial charge in [-0.1, -0.05) is 23.7 Å². The summed E-state index contributed by atoms with van der Waals surface area (Å²) in [7, 11) is 3.17. The van der Waals surface area contributed by atoms with Crippen molar-refractivity contribution in [2.45, 2.75) is 32.5 Å². The lowest BCUT2D eigenvalue weighted by molar-refractivity contribution is 0.138. The number of ether oxygens (including phenoxy) is 3. The first kappa shape index (κ1) is 26.1. The summed E-state index contributed by atoms with van der Waals surface area (Å²) in [5.41, 5.74) is 4.39. The first-order valence-electron chi connectivity index (χ1n) is 12.6. The van der Waals surface area contributed by atoms with Gasteiger partial charge in [0.25, 0.3) is 0 Å². The number of fused-ring (bicyclic) bond motifs is 1. The van der Waals surface area contributed by atoms with E-state index in [-0.39, 0.29) is 0 Å². The smallest absolute Gasteiger partial charge is 0.159 e. The van der Waals surface area contributed by atoms with E-state index in [9.17, 15) is 0 Å². The van der Waals surface area contributed by atoms with Crippen LogP contribution in [0.2, 0.25) is 5.02 Å². The fourth-order valence-corrected chi connectivity index (χ4v) is 5.13. The number of rotatable bonds is 9. The molecule has 2 aromatic carbocycles. The quantitative estimate of drug-likeness (QED) is 0.201. The molecule has 0 spiro atoms. The monoisotopic (exact) mass is 536 g/mol. The van der Waals surface area contributed by atoms with Gasteiger partial charge in [-0.3, -0.25) is 5.10 Å². The number of aromatic nitrogens is 3. The molecule has 0 unspecified atom stereocenters. The zero-order chi connectivity index (χ0) is 26.6. The first-order chi connectivity index (χ1) is 18.4. The lowest BCUT2D eigenvalue weighted by Crippen LogP contribution is -2.54. The highest BCUT2D eigenvalue weighted by Gasteiger charge is 2.21. The van der Waals surface area contributed by atoms with Crippen molar-refractivity contribution in [1.82, 2.24) is 20.5 Å². The topological polar surface area (TPSA) is 96.6 Å². The Morgan fingerprint density at radius 3 is 2.50 bits per heavy atom. The maximum absolute atomic E-state index is 6.54. The predicted octanol–water partition coefficient (Wildman–Crippen LogP) is 5.07. The van der Waals surface area contributed by atoms with Crippen molar-refractivity contribution in [3.63, 3.8) is 0 Å². The number of nitrogens with zero attached hydrogens (tertiary/aromatic N) is 3. The molecule has 5 rings (SSSR count). The van der Waals surface area contributed by atoms with E-state index in [1.54, 1.807) is 20.3 Å². The summed E-state index contributed by atoms with van der Waals surface area (Å²) >= 11 is 6.54. The zero-order valence-corrected chi connectivity index (χ0v) is 22.8. The van der Waals surface area contributed by atoms with Crippen molar-refractivity contribution in [3.8, 4) is 22.8 Å². The van der Waals surface area contributed by atoms with Gasteiger partial charge in [-0.2, -0.15) is 5.10 Å². The van der Waals surface area contributed by atoms with Crippen LogP contribution >= 0.6 is 11.6 Å². The number of hydrogen-bond donors (Lipinski definition) is 3. The number of pyridine rings is 1. The number of halogens is 1. The molecule has 0 bridgehead atoms. The van der Waals surface area contributed by atoms with Gasteiger partial charge >= 0.3 is 0 Å². The number of aromatic amines is 1. The molecular formula is C28H33ClN6O3. The second-order valence-electron chi connectivity index (χ2n) is 9.57. The summed E-state index contributed by atoms with van der Waals surface area (Å²) in [6, 6.07) is 17.0. The van der Waals surface area contributed by atoms with Gasteiger partial charge in [-0.05, 0) is 49.7 Å². The summed E-state index contributed by atoms with van der Waals surface area (Å²) in [5, 5.41) is 15.5. The molecule has 1 aliphatic heterocycles. The molecule has 9 nitrogen and oxygen atoms in total. The van der Waals surface area contributed by atoms with E-state index < -0.39 is 0 Å². The predicted molar refractivity (Wildman–Crippen MR) is 151 cm³/mol. The van der Waals surface area contributed by atoms with Crippen LogP contribution in [0, 0.1) is 0 Å². The average Bonchev–Trinajstić information content (AvgIpc) is 3.33. The Hall–Kier alpha value is -3.53. The minimum atomic E-state index is 0.315. The Labute approximate surface area is 227 Å². The van der Waals surface area contributed by atoms with Crippen LogP contribution in [0.3, 0.4) is 0 Å². The maximum Gasteiger partial charge on any atom is 0.159 e. The van der Waals surface area contributed by atoms with Crippen LogP contribution < -0.4 is 25.0 Å². The van der Waals surface area contributed by atoms with E-state index in [1.807, 2.05) is 18.2 Å². The van der Waals surface area contributed by atoms with Crippen molar-refractivity contribution in [3.05, 3.63) is 59.1 Å². The summed E-state index contributed by atoms with van der Waals surface area (Å²) in [5.74, 6) is 1.83. The van der Waals surface area contributed by atoms with E-state index in [4.69, 9.17) is 30.8 Å². The van der Waals surface area contributed by atoms with Crippen LogP contribution in [0.25, 0.3) is 22.3 Å². The highest BCUT2D eigenvalue weighted by Crippen LogP contribution is 2.39. The van der Waals surface area contributed by atoms with E-state index in [0.29, 0.717) is 64.7 Å². The molecular weight excluding hydrogens is 504 g/mol. The number of piperazine rings is 1. The standard InChI is InChI=1S/C28H33ClN6O3/c1-17-13-35(14-18(2)31-17)20-7-5-19(6-8-20)15-38-16-30-27-22-9-10-24(32-28(22)34-33-27)23-11-21(36-3)12-25(37-4)26(23)29/h5-12,17-18,31H,13-16H2,1-4H3,(H2,30,32,33,34)/t17-,18+. The van der Waals surface area contributed by atoms with Gasteiger partial charge in [0, 0.05) is 42.5 Å². The third-order valence-corrected chi connectivity index (χ3v) is 7.03. The Bertz CT molecular complexity index is 1380. The molecule has 0 saturated carbocycles. The van der Waals surface area contributed by atoms with Gasteiger partial charge in [0.05, 0.1) is 36.9 Å². The zero-order valence-electron chi connectivity index (χ0n) is 22.0. The Morgan fingerprint density at radius 2 is 1.79 bits per heavy atom. The molecule has 1 saturated heterocycles. The third kappa shape index (κ3) is 5.65. The molecule has 3 heterocycles. The summed E-state index contributed by atoms with van der Waals surface area (Å²) in [6.07, 6.45) is 0. The van der Waals surface area contributed by atoms with Crippen LogP contribution in [0.5, 0.6) is 11.5 Å². The molecule has 0 amide bonds. The molecule has 38 heavy (non-hydrogen) atoms. The Morgan fingerprint density at radius 1 is 1.03 bits per heavy atom. The maximum atomic E-state index is 6.54. The second kappa shape index (κ2) is 11.5. The first-order valence-corrected chi connectivity index (χ1v) is 13.0. The summed E-state index contributed by atoms with van der Waals surface area (Å²) < 4.78 is 16.6. The number of H-pyrrole nitrogens is 1. The van der Waals surface area contributed by atoms with Crippen molar-refractivity contribution < 1.29 is 14.2 Å². The highest BCUT2D eigenvalue weighted by molar-refractivity contribution is 6.34. The molecule has 2 aromatic heterocycles. The molecule has 1 fully saturated rings. The number of nitrogens with one attached hydrogen (secondary N) is 3. The molecule has 1 aliphatic rings. The second-order valence-corrected chi connectivity index (χ2v) is 9.94. The lowest BCUT2D eigenvalue weighted by Gasteiger charge is -2.37. The van der Waals surface area contributed by atoms with Crippen LogP contribution in [-0.2, 0) is 11.3 Å². The van der Waals surface area contributed by atoms with Gasteiger partial charge in [0.2, 0.25) is 0 Å². The lowest BCUT2D eigenvalue weighted by atomic mass is 10.1. The number of methoxy groups -OCH3 is 2. The fraction of sp³-hybridized carbons (Fsp3) is 0.357. The highest BCUT2D eigenvalue weighted by atomic mass is 35.5. The number of benzene rings is 2. The molecule has 200 valence electrons. The van der Waals surface area contributed by atoms with Gasteiger partial charge in [-0.15, -0.1) is 0 Å². The van der Waals surface area contributed by atoms with Crippen LogP contribution in [0.4, 0.5) is 11.5 Å². The van der Waals surface area contributed by atoms with Gasteiger partial charge < -0.3 is 29.7 Å². The van der Waals surface area contributed by atoms with Crippen LogP contribution in [0.15, 0.2) is 48.5 Å². The van der Waals surface area contributed by atoms with Crippen LogP contribution in [-0.4, -0.2) is 61.3 Å². The van der Waals surface area contributed by atoms with Crippen LogP contribution in [0.1, 0.15) is 19.4 Å². The van der Waals surface area contributed by atoms with Crippen molar-refractivity contribution in [1.29, 1.82) is 0 Å².